The Bertz CT molecular complexity index is 620. The lowest BCUT2D eigenvalue weighted by Crippen LogP contribution is -2.32. The molecule has 0 aliphatic carbocycles. The largest absolute Gasteiger partial charge is 0.480 e. The summed E-state index contributed by atoms with van der Waals surface area (Å²) in [6.45, 7) is 1.44. The summed E-state index contributed by atoms with van der Waals surface area (Å²) < 4.78 is 1.68. The second kappa shape index (κ2) is 4.44. The van der Waals surface area contributed by atoms with Crippen molar-refractivity contribution in [3.63, 3.8) is 0 Å². The first-order chi connectivity index (χ1) is 8.49. The molecule has 0 spiro atoms. The summed E-state index contributed by atoms with van der Waals surface area (Å²) >= 11 is 0. The molecular weight excluding hydrogens is 236 g/mol. The summed E-state index contributed by atoms with van der Waals surface area (Å²) in [4.78, 5) is 23.7. The van der Waals surface area contributed by atoms with Gasteiger partial charge in [-0.1, -0.05) is 0 Å². The van der Waals surface area contributed by atoms with Gasteiger partial charge < -0.3 is 10.0 Å². The number of amides is 1. The first-order valence-corrected chi connectivity index (χ1v) is 5.27. The van der Waals surface area contributed by atoms with Crippen molar-refractivity contribution in [1.82, 2.24) is 19.5 Å². The van der Waals surface area contributed by atoms with E-state index in [0.717, 1.165) is 4.90 Å². The summed E-state index contributed by atoms with van der Waals surface area (Å²) in [7, 11) is 1.44. The smallest absolute Gasteiger partial charge is 0.323 e. The molecule has 0 unspecified atom stereocenters. The van der Waals surface area contributed by atoms with E-state index in [1.807, 2.05) is 0 Å². The summed E-state index contributed by atoms with van der Waals surface area (Å²) in [6, 6.07) is 3.27. The van der Waals surface area contributed by atoms with Crippen LogP contribution in [-0.2, 0) is 4.79 Å². The highest BCUT2D eigenvalue weighted by molar-refractivity contribution is 5.95. The molecule has 94 valence electrons. The maximum Gasteiger partial charge on any atom is 0.323 e. The number of aliphatic carboxylic acids is 1. The Kier molecular flexibility index (Phi) is 2.97. The van der Waals surface area contributed by atoms with E-state index in [1.54, 1.807) is 29.7 Å². The fourth-order valence-electron chi connectivity index (χ4n) is 1.63. The average molecular weight is 248 g/mol. The monoisotopic (exact) mass is 248 g/mol. The van der Waals surface area contributed by atoms with Gasteiger partial charge in [-0.25, -0.2) is 0 Å². The number of carbonyl (C=O) groups excluding carboxylic acids is 1. The van der Waals surface area contributed by atoms with E-state index < -0.39 is 5.97 Å². The number of carbonyl (C=O) groups is 2. The summed E-state index contributed by atoms with van der Waals surface area (Å²) in [5.74, 6) is -0.736. The zero-order valence-corrected chi connectivity index (χ0v) is 9.99. The van der Waals surface area contributed by atoms with E-state index in [2.05, 4.69) is 10.2 Å². The van der Waals surface area contributed by atoms with Gasteiger partial charge in [0.2, 0.25) is 0 Å². The van der Waals surface area contributed by atoms with Crippen molar-refractivity contribution in [2.75, 3.05) is 13.6 Å². The number of aryl methyl sites for hydroxylation is 1. The Hall–Kier alpha value is -2.44. The lowest BCUT2D eigenvalue weighted by atomic mass is 10.2. The van der Waals surface area contributed by atoms with Crippen LogP contribution >= 0.6 is 0 Å². The van der Waals surface area contributed by atoms with Gasteiger partial charge in [0.05, 0.1) is 5.56 Å². The highest BCUT2D eigenvalue weighted by Gasteiger charge is 2.15. The van der Waals surface area contributed by atoms with E-state index in [4.69, 9.17) is 5.11 Å². The molecule has 0 aromatic carbocycles. The third kappa shape index (κ3) is 2.15. The predicted molar refractivity (Wildman–Crippen MR) is 62.3 cm³/mol. The van der Waals surface area contributed by atoms with Crippen LogP contribution in [0.4, 0.5) is 0 Å². The number of carboxylic acid groups (broad SMARTS) is 1. The number of pyridine rings is 1. The third-order valence-electron chi connectivity index (χ3n) is 2.54. The van der Waals surface area contributed by atoms with Crippen LogP contribution in [0.5, 0.6) is 0 Å². The van der Waals surface area contributed by atoms with Crippen LogP contribution in [0.15, 0.2) is 18.3 Å². The van der Waals surface area contributed by atoms with Crippen molar-refractivity contribution in [2.45, 2.75) is 6.92 Å². The standard InChI is InChI=1S/C11H12N4O3/c1-7-12-13-9-4-3-8(5-15(7)9)11(18)14(2)6-10(16)17/h3-5H,6H2,1-2H3,(H,16,17). The maximum atomic E-state index is 12.0. The third-order valence-corrected chi connectivity index (χ3v) is 2.54. The average Bonchev–Trinajstić information content (AvgIpc) is 2.69. The highest BCUT2D eigenvalue weighted by atomic mass is 16.4. The minimum Gasteiger partial charge on any atom is -0.480 e. The van der Waals surface area contributed by atoms with Gasteiger partial charge in [0, 0.05) is 13.2 Å². The first-order valence-electron chi connectivity index (χ1n) is 5.27. The van der Waals surface area contributed by atoms with Crippen molar-refractivity contribution >= 4 is 17.5 Å². The molecule has 2 heterocycles. The molecule has 2 rings (SSSR count). The topological polar surface area (TPSA) is 87.8 Å². The fraction of sp³-hybridized carbons (Fsp3) is 0.273. The van der Waals surface area contributed by atoms with Gasteiger partial charge in [-0.05, 0) is 19.1 Å². The number of likely N-dealkylation sites (N-methyl/N-ethyl adjacent to an activating group) is 1. The second-order valence-corrected chi connectivity index (χ2v) is 3.95. The van der Waals surface area contributed by atoms with Crippen LogP contribution in [0.25, 0.3) is 5.65 Å². The number of aromatic nitrogens is 3. The van der Waals surface area contributed by atoms with Crippen LogP contribution in [0.3, 0.4) is 0 Å². The molecule has 0 saturated heterocycles. The van der Waals surface area contributed by atoms with Gasteiger partial charge in [-0.15, -0.1) is 10.2 Å². The molecule has 0 radical (unpaired) electrons. The molecule has 2 aromatic heterocycles. The van der Waals surface area contributed by atoms with Gasteiger partial charge >= 0.3 is 5.97 Å². The molecule has 0 atom stereocenters. The van der Waals surface area contributed by atoms with Crippen molar-refractivity contribution in [3.05, 3.63) is 29.7 Å². The first kappa shape index (κ1) is 12.0. The van der Waals surface area contributed by atoms with E-state index >= 15 is 0 Å². The molecule has 1 N–H and O–H groups in total. The number of fused-ring (bicyclic) bond motifs is 1. The molecule has 0 aliphatic heterocycles. The van der Waals surface area contributed by atoms with Crippen molar-refractivity contribution < 1.29 is 14.7 Å². The lowest BCUT2D eigenvalue weighted by Gasteiger charge is -2.14. The molecule has 18 heavy (non-hydrogen) atoms. The van der Waals surface area contributed by atoms with E-state index in [-0.39, 0.29) is 12.5 Å². The molecule has 0 saturated carbocycles. The van der Waals surface area contributed by atoms with Crippen LogP contribution < -0.4 is 0 Å². The van der Waals surface area contributed by atoms with Gasteiger partial charge in [-0.3, -0.25) is 14.0 Å². The van der Waals surface area contributed by atoms with Gasteiger partial charge in [0.25, 0.3) is 5.91 Å². The normalized spacial score (nSPS) is 10.6. The SMILES string of the molecule is Cc1nnc2ccc(C(=O)N(C)CC(=O)O)cn12. The molecule has 7 heteroatoms. The number of hydrogen-bond acceptors (Lipinski definition) is 4. The molecule has 7 nitrogen and oxygen atoms in total. The molecule has 2 aromatic rings. The van der Waals surface area contributed by atoms with Crippen LogP contribution in [0, 0.1) is 6.92 Å². The zero-order valence-electron chi connectivity index (χ0n) is 9.99. The van der Waals surface area contributed by atoms with Gasteiger partial charge in [-0.2, -0.15) is 0 Å². The van der Waals surface area contributed by atoms with Crippen LogP contribution in [0.2, 0.25) is 0 Å². The quantitative estimate of drug-likeness (QED) is 0.838. The van der Waals surface area contributed by atoms with Crippen molar-refractivity contribution in [1.29, 1.82) is 0 Å². The van der Waals surface area contributed by atoms with E-state index in [1.165, 1.54) is 7.05 Å². The van der Waals surface area contributed by atoms with E-state index in [9.17, 15) is 9.59 Å². The Morgan fingerprint density at radius 3 is 2.78 bits per heavy atom. The zero-order chi connectivity index (χ0) is 13.3. The Morgan fingerprint density at radius 1 is 1.39 bits per heavy atom. The molecule has 1 amide bonds. The van der Waals surface area contributed by atoms with Crippen LogP contribution in [-0.4, -0.2) is 50.1 Å². The number of hydrogen-bond donors (Lipinski definition) is 1. The molecular formula is C11H12N4O3. The van der Waals surface area contributed by atoms with Crippen LogP contribution in [0.1, 0.15) is 16.2 Å². The Morgan fingerprint density at radius 2 is 2.11 bits per heavy atom. The molecule has 0 fully saturated rings. The minimum atomic E-state index is -1.05. The predicted octanol–water partition coefficient (Wildman–Crippen LogP) is 0.194. The Balaban J connectivity index is 2.32. The lowest BCUT2D eigenvalue weighted by molar-refractivity contribution is -0.137. The van der Waals surface area contributed by atoms with E-state index in [0.29, 0.717) is 17.0 Å². The molecule has 0 aliphatic rings. The fourth-order valence-corrected chi connectivity index (χ4v) is 1.63. The number of rotatable bonds is 3. The van der Waals surface area contributed by atoms with Crippen molar-refractivity contribution in [3.8, 4) is 0 Å². The Labute approximate surface area is 103 Å². The molecule has 0 bridgehead atoms. The maximum absolute atomic E-state index is 12.0. The second-order valence-electron chi connectivity index (χ2n) is 3.95. The van der Waals surface area contributed by atoms with Gasteiger partial charge in [0.1, 0.15) is 12.4 Å². The summed E-state index contributed by atoms with van der Waals surface area (Å²) in [5, 5.41) is 16.4. The number of nitrogens with zero attached hydrogens (tertiary/aromatic N) is 4. The summed E-state index contributed by atoms with van der Waals surface area (Å²) in [5.41, 5.74) is 1.04. The van der Waals surface area contributed by atoms with Crippen molar-refractivity contribution in [2.24, 2.45) is 0 Å². The minimum absolute atomic E-state index is 0.335. The van der Waals surface area contributed by atoms with Gasteiger partial charge in [0.15, 0.2) is 5.65 Å². The highest BCUT2D eigenvalue weighted by Crippen LogP contribution is 2.08. The summed E-state index contributed by atoms with van der Waals surface area (Å²) in [6.07, 6.45) is 1.60. The number of carboxylic acids is 1.